The lowest BCUT2D eigenvalue weighted by atomic mass is 10.0. The predicted molar refractivity (Wildman–Crippen MR) is 109 cm³/mol. The molecular weight excluding hydrogens is 352 g/mol. The molecule has 0 fully saturated rings. The lowest BCUT2D eigenvalue weighted by Gasteiger charge is -2.07. The highest BCUT2D eigenvalue weighted by atomic mass is 16.5. The average Bonchev–Trinajstić information content (AvgIpc) is 3.10. The van der Waals surface area contributed by atoms with Gasteiger partial charge in [0, 0.05) is 18.2 Å². The number of nitrogens with one attached hydrogen (secondary N) is 1. The van der Waals surface area contributed by atoms with Crippen molar-refractivity contribution >= 4 is 23.1 Å². The number of nitrogens with zero attached hydrogens (tertiary/aromatic N) is 3. The van der Waals surface area contributed by atoms with Crippen molar-refractivity contribution in [3.05, 3.63) is 72.4 Å². The van der Waals surface area contributed by atoms with Gasteiger partial charge in [-0.25, -0.2) is 4.52 Å². The van der Waals surface area contributed by atoms with Crippen molar-refractivity contribution in [2.45, 2.75) is 13.3 Å². The number of methoxy groups -OCH3 is 1. The van der Waals surface area contributed by atoms with E-state index in [0.29, 0.717) is 12.4 Å². The van der Waals surface area contributed by atoms with E-state index < -0.39 is 0 Å². The summed E-state index contributed by atoms with van der Waals surface area (Å²) in [6, 6.07) is 19.6. The van der Waals surface area contributed by atoms with Crippen LogP contribution in [0.4, 0.5) is 11.6 Å². The Morgan fingerprint density at radius 2 is 1.79 bits per heavy atom. The Morgan fingerprint density at radius 3 is 2.54 bits per heavy atom. The number of benzene rings is 2. The summed E-state index contributed by atoms with van der Waals surface area (Å²) in [7, 11) is 1.63. The van der Waals surface area contributed by atoms with Crippen LogP contribution >= 0.6 is 0 Å². The van der Waals surface area contributed by atoms with E-state index in [9.17, 15) is 4.79 Å². The van der Waals surface area contributed by atoms with Crippen molar-refractivity contribution in [3.63, 3.8) is 0 Å². The lowest BCUT2D eigenvalue weighted by Crippen LogP contribution is -1.96. The first-order chi connectivity index (χ1) is 13.6. The monoisotopic (exact) mass is 372 g/mol. The Hall–Kier alpha value is -3.67. The molecule has 0 amide bonds. The number of aromatic nitrogens is 3. The maximum atomic E-state index is 11.3. The summed E-state index contributed by atoms with van der Waals surface area (Å²) in [6.45, 7) is 1.60. The number of ether oxygens (including phenoxy) is 1. The summed E-state index contributed by atoms with van der Waals surface area (Å²) in [5, 5.41) is 7.72. The van der Waals surface area contributed by atoms with Crippen molar-refractivity contribution in [2.75, 3.05) is 12.4 Å². The quantitative estimate of drug-likeness (QED) is 0.547. The molecule has 28 heavy (non-hydrogen) atoms. The highest BCUT2D eigenvalue weighted by Gasteiger charge is 2.08. The molecule has 0 atom stereocenters. The van der Waals surface area contributed by atoms with Gasteiger partial charge >= 0.3 is 0 Å². The minimum Gasteiger partial charge on any atom is -0.495 e. The van der Waals surface area contributed by atoms with Gasteiger partial charge < -0.3 is 10.1 Å². The van der Waals surface area contributed by atoms with Crippen LogP contribution in [-0.2, 0) is 11.2 Å². The minimum atomic E-state index is 0.159. The topological polar surface area (TPSA) is 68.5 Å². The zero-order valence-electron chi connectivity index (χ0n) is 15.7. The molecular formula is C22H20N4O2. The third kappa shape index (κ3) is 3.71. The molecule has 0 saturated carbocycles. The molecule has 0 radical (unpaired) electrons. The summed E-state index contributed by atoms with van der Waals surface area (Å²) in [4.78, 5) is 15.8. The van der Waals surface area contributed by atoms with Crippen LogP contribution in [0.2, 0.25) is 0 Å². The predicted octanol–water partition coefficient (Wildman–Crippen LogP) is 4.28. The van der Waals surface area contributed by atoms with Crippen molar-refractivity contribution in [1.29, 1.82) is 0 Å². The molecule has 4 rings (SSSR count). The van der Waals surface area contributed by atoms with Crippen LogP contribution in [0.3, 0.4) is 0 Å². The van der Waals surface area contributed by atoms with Gasteiger partial charge in [-0.1, -0.05) is 36.4 Å². The lowest BCUT2D eigenvalue weighted by molar-refractivity contribution is -0.116. The largest absolute Gasteiger partial charge is 0.495 e. The molecule has 4 aromatic rings. The molecule has 2 heterocycles. The van der Waals surface area contributed by atoms with Gasteiger partial charge in [-0.05, 0) is 42.3 Å². The molecule has 0 saturated heterocycles. The van der Waals surface area contributed by atoms with Gasteiger partial charge in [-0.2, -0.15) is 4.98 Å². The van der Waals surface area contributed by atoms with Crippen LogP contribution in [0.5, 0.6) is 5.75 Å². The van der Waals surface area contributed by atoms with E-state index in [1.165, 1.54) is 0 Å². The molecule has 140 valence electrons. The van der Waals surface area contributed by atoms with E-state index in [0.717, 1.165) is 33.8 Å². The van der Waals surface area contributed by atoms with Crippen LogP contribution in [-0.4, -0.2) is 27.5 Å². The number of ketones is 1. The summed E-state index contributed by atoms with van der Waals surface area (Å²) in [5.74, 6) is 1.39. The third-order valence-corrected chi connectivity index (χ3v) is 4.42. The van der Waals surface area contributed by atoms with Crippen LogP contribution in [0.15, 0.2) is 66.9 Å². The first-order valence-electron chi connectivity index (χ1n) is 8.97. The molecule has 0 spiro atoms. The molecule has 6 nitrogen and oxygen atoms in total. The molecule has 0 unspecified atom stereocenters. The number of carbonyl (C=O) groups is 1. The molecule has 2 aromatic heterocycles. The van der Waals surface area contributed by atoms with Crippen molar-refractivity contribution in [2.24, 2.45) is 0 Å². The van der Waals surface area contributed by atoms with Gasteiger partial charge in [0.25, 0.3) is 0 Å². The Kier molecular flexibility index (Phi) is 4.76. The van der Waals surface area contributed by atoms with Gasteiger partial charge in [0.2, 0.25) is 5.95 Å². The number of hydrogen-bond donors (Lipinski definition) is 1. The normalized spacial score (nSPS) is 10.8. The maximum Gasteiger partial charge on any atom is 0.247 e. The Bertz CT molecular complexity index is 1130. The second kappa shape index (κ2) is 7.52. The van der Waals surface area contributed by atoms with Gasteiger partial charge in [0.15, 0.2) is 5.65 Å². The number of fused-ring (bicyclic) bond motifs is 1. The first-order valence-corrected chi connectivity index (χ1v) is 8.97. The molecule has 2 aromatic carbocycles. The summed E-state index contributed by atoms with van der Waals surface area (Å²) >= 11 is 0. The van der Waals surface area contributed by atoms with E-state index >= 15 is 0 Å². The molecule has 0 bridgehead atoms. The van der Waals surface area contributed by atoms with Gasteiger partial charge in [-0.15, -0.1) is 5.10 Å². The van der Waals surface area contributed by atoms with E-state index in [4.69, 9.17) is 4.74 Å². The van der Waals surface area contributed by atoms with E-state index in [1.807, 2.05) is 66.9 Å². The molecule has 6 heteroatoms. The highest BCUT2D eigenvalue weighted by molar-refractivity contribution is 5.78. The Labute approximate surface area is 162 Å². The number of pyridine rings is 1. The fourth-order valence-corrected chi connectivity index (χ4v) is 3.08. The minimum absolute atomic E-state index is 0.159. The number of rotatable bonds is 6. The number of carbonyl (C=O) groups excluding carboxylic acids is 1. The number of para-hydroxylation sites is 2. The van der Waals surface area contributed by atoms with E-state index in [-0.39, 0.29) is 5.78 Å². The highest BCUT2D eigenvalue weighted by Crippen LogP contribution is 2.26. The molecule has 0 aliphatic heterocycles. The second-order valence-corrected chi connectivity index (χ2v) is 6.56. The van der Waals surface area contributed by atoms with Gasteiger partial charge in [-0.3, -0.25) is 4.79 Å². The maximum absolute atomic E-state index is 11.3. The van der Waals surface area contributed by atoms with Gasteiger partial charge in [0.1, 0.15) is 11.5 Å². The van der Waals surface area contributed by atoms with Crippen molar-refractivity contribution < 1.29 is 9.53 Å². The third-order valence-electron chi connectivity index (χ3n) is 4.42. The standard InChI is InChI=1S/C22H20N4O2/c1-15(27)13-16-7-9-17(10-8-16)18-11-12-21-24-22(25-26(21)14-18)23-19-5-3-4-6-20(19)28-2/h3-12,14H,13H2,1-2H3,(H,23,25). The SMILES string of the molecule is COc1ccccc1Nc1nc2ccc(-c3ccc(CC(C)=O)cc3)cn2n1. The molecule has 0 aliphatic rings. The zero-order valence-corrected chi connectivity index (χ0v) is 15.7. The van der Waals surface area contributed by atoms with E-state index in [1.54, 1.807) is 18.5 Å². The zero-order chi connectivity index (χ0) is 19.5. The van der Waals surface area contributed by atoms with Crippen LogP contribution in [0, 0.1) is 0 Å². The Morgan fingerprint density at radius 1 is 1.04 bits per heavy atom. The fourth-order valence-electron chi connectivity index (χ4n) is 3.08. The smallest absolute Gasteiger partial charge is 0.247 e. The van der Waals surface area contributed by atoms with Gasteiger partial charge in [0.05, 0.1) is 12.8 Å². The summed E-state index contributed by atoms with van der Waals surface area (Å²) in [6.07, 6.45) is 2.40. The molecule has 0 aliphatic carbocycles. The molecule has 1 N–H and O–H groups in total. The second-order valence-electron chi connectivity index (χ2n) is 6.56. The van der Waals surface area contributed by atoms with Crippen LogP contribution in [0.1, 0.15) is 12.5 Å². The van der Waals surface area contributed by atoms with E-state index in [2.05, 4.69) is 15.4 Å². The summed E-state index contributed by atoms with van der Waals surface area (Å²) < 4.78 is 7.10. The van der Waals surface area contributed by atoms with Crippen molar-refractivity contribution in [3.8, 4) is 16.9 Å². The number of hydrogen-bond acceptors (Lipinski definition) is 5. The number of Topliss-reactive ketones (excluding diaryl/α,β-unsaturated/α-hetero) is 1. The van der Waals surface area contributed by atoms with Crippen LogP contribution in [0.25, 0.3) is 16.8 Å². The first kappa shape index (κ1) is 17.7. The Balaban J connectivity index is 1.60. The average molecular weight is 372 g/mol. The van der Waals surface area contributed by atoms with Crippen molar-refractivity contribution in [1.82, 2.24) is 14.6 Å². The van der Waals surface area contributed by atoms with Crippen LogP contribution < -0.4 is 10.1 Å². The number of anilines is 2. The summed E-state index contributed by atoms with van der Waals surface area (Å²) in [5.41, 5.74) is 4.65. The fraction of sp³-hybridized carbons (Fsp3) is 0.136.